The monoisotopic (exact) mass is 298 g/mol. The normalized spacial score (nSPS) is 16.2. The zero-order chi connectivity index (χ0) is 14.6. The van der Waals surface area contributed by atoms with Gasteiger partial charge in [-0.05, 0) is 30.9 Å². The molecule has 0 aromatic heterocycles. The molecule has 0 amide bonds. The molecule has 7 heteroatoms. The average Bonchev–Trinajstić information content (AvgIpc) is 2.92. The van der Waals surface area contributed by atoms with E-state index < -0.39 is 16.2 Å². The van der Waals surface area contributed by atoms with Crippen LogP contribution in [0.5, 0.6) is 0 Å². The van der Waals surface area contributed by atoms with Crippen molar-refractivity contribution < 1.29 is 18.3 Å². The van der Waals surface area contributed by atoms with Crippen molar-refractivity contribution in [3.05, 3.63) is 29.8 Å². The van der Waals surface area contributed by atoms with Gasteiger partial charge < -0.3 is 5.11 Å². The summed E-state index contributed by atoms with van der Waals surface area (Å²) < 4.78 is 28.4. The Morgan fingerprint density at radius 1 is 1.25 bits per heavy atom. The Hall–Kier alpha value is -1.60. The molecular formula is C13H18N2O4S. The predicted octanol–water partition coefficient (Wildman–Crippen LogP) is 1.46. The van der Waals surface area contributed by atoms with Crippen molar-refractivity contribution in [3.8, 4) is 0 Å². The Balaban J connectivity index is 2.14. The van der Waals surface area contributed by atoms with Crippen molar-refractivity contribution in [2.75, 3.05) is 17.8 Å². The van der Waals surface area contributed by atoms with Gasteiger partial charge in [0.15, 0.2) is 0 Å². The topological polar surface area (TPSA) is 86.7 Å². The largest absolute Gasteiger partial charge is 0.481 e. The second kappa shape index (κ2) is 6.23. The number of aliphatic carboxylic acids is 1. The van der Waals surface area contributed by atoms with Gasteiger partial charge in [0, 0.05) is 19.5 Å². The summed E-state index contributed by atoms with van der Waals surface area (Å²) in [5, 5.41) is 8.72. The Morgan fingerprint density at radius 2 is 1.90 bits per heavy atom. The number of nitrogens with zero attached hydrogens (tertiary/aromatic N) is 1. The molecule has 110 valence electrons. The van der Waals surface area contributed by atoms with E-state index in [4.69, 9.17) is 5.11 Å². The van der Waals surface area contributed by atoms with Crippen LogP contribution in [0.2, 0.25) is 0 Å². The molecule has 0 unspecified atom stereocenters. The van der Waals surface area contributed by atoms with Gasteiger partial charge in [-0.1, -0.05) is 18.2 Å². The molecule has 0 atom stereocenters. The summed E-state index contributed by atoms with van der Waals surface area (Å²) in [5.41, 5.74) is 1.15. The van der Waals surface area contributed by atoms with E-state index in [1.54, 1.807) is 24.3 Å². The minimum Gasteiger partial charge on any atom is -0.481 e. The lowest BCUT2D eigenvalue weighted by Gasteiger charge is -2.18. The lowest BCUT2D eigenvalue weighted by Crippen LogP contribution is -2.33. The molecule has 20 heavy (non-hydrogen) atoms. The van der Waals surface area contributed by atoms with E-state index in [1.165, 1.54) is 4.31 Å². The number of para-hydroxylation sites is 1. The highest BCUT2D eigenvalue weighted by Gasteiger charge is 2.25. The molecule has 0 bridgehead atoms. The van der Waals surface area contributed by atoms with E-state index >= 15 is 0 Å². The summed E-state index contributed by atoms with van der Waals surface area (Å²) in [6.45, 7) is 1.07. The number of carboxylic acid groups (broad SMARTS) is 1. The third-order valence-corrected chi connectivity index (χ3v) is 4.79. The minimum atomic E-state index is -3.54. The van der Waals surface area contributed by atoms with Crippen LogP contribution in [0.25, 0.3) is 0 Å². The van der Waals surface area contributed by atoms with Crippen molar-refractivity contribution in [1.29, 1.82) is 0 Å². The lowest BCUT2D eigenvalue weighted by molar-refractivity contribution is -0.136. The van der Waals surface area contributed by atoms with E-state index in [2.05, 4.69) is 4.72 Å². The van der Waals surface area contributed by atoms with Crippen LogP contribution in [0, 0.1) is 0 Å². The Labute approximate surface area is 118 Å². The van der Waals surface area contributed by atoms with Gasteiger partial charge in [0.1, 0.15) is 0 Å². The maximum Gasteiger partial charge on any atom is 0.303 e. The lowest BCUT2D eigenvalue weighted by atomic mass is 10.1. The van der Waals surface area contributed by atoms with Gasteiger partial charge in [0.2, 0.25) is 0 Å². The quantitative estimate of drug-likeness (QED) is 0.832. The van der Waals surface area contributed by atoms with E-state index in [0.717, 1.165) is 12.8 Å². The molecular weight excluding hydrogens is 280 g/mol. The molecule has 2 rings (SSSR count). The van der Waals surface area contributed by atoms with Gasteiger partial charge in [-0.3, -0.25) is 9.52 Å². The molecule has 2 N–H and O–H groups in total. The van der Waals surface area contributed by atoms with Gasteiger partial charge in [-0.25, -0.2) is 0 Å². The van der Waals surface area contributed by atoms with Crippen LogP contribution in [0.3, 0.4) is 0 Å². The molecule has 1 heterocycles. The second-order valence-corrected chi connectivity index (χ2v) is 6.43. The molecule has 1 aliphatic heterocycles. The van der Waals surface area contributed by atoms with Crippen molar-refractivity contribution >= 4 is 21.9 Å². The van der Waals surface area contributed by atoms with Gasteiger partial charge >= 0.3 is 16.2 Å². The first-order valence-electron chi connectivity index (χ1n) is 6.56. The molecule has 6 nitrogen and oxygen atoms in total. The number of aryl methyl sites for hydroxylation is 1. The molecule has 0 spiro atoms. The van der Waals surface area contributed by atoms with Crippen molar-refractivity contribution in [2.24, 2.45) is 0 Å². The highest BCUT2D eigenvalue weighted by atomic mass is 32.2. The van der Waals surface area contributed by atoms with Crippen molar-refractivity contribution in [3.63, 3.8) is 0 Å². The maximum atomic E-state index is 12.2. The second-order valence-electron chi connectivity index (χ2n) is 4.76. The first kappa shape index (κ1) is 14.8. The number of rotatable bonds is 6. The van der Waals surface area contributed by atoms with Crippen LogP contribution < -0.4 is 4.72 Å². The molecule has 0 radical (unpaired) electrons. The van der Waals surface area contributed by atoms with Crippen LogP contribution in [0.1, 0.15) is 24.8 Å². The summed E-state index contributed by atoms with van der Waals surface area (Å²) in [6.07, 6.45) is 2.03. The number of hydrogen-bond acceptors (Lipinski definition) is 3. The van der Waals surface area contributed by atoms with Crippen LogP contribution >= 0.6 is 0 Å². The molecule has 0 aliphatic carbocycles. The highest BCUT2D eigenvalue weighted by Crippen LogP contribution is 2.21. The molecule has 1 aromatic carbocycles. The van der Waals surface area contributed by atoms with Crippen LogP contribution in [-0.2, 0) is 21.4 Å². The van der Waals surface area contributed by atoms with Gasteiger partial charge in [0.25, 0.3) is 0 Å². The third-order valence-electron chi connectivity index (χ3n) is 3.27. The zero-order valence-electron chi connectivity index (χ0n) is 11.1. The van der Waals surface area contributed by atoms with Gasteiger partial charge in [-0.2, -0.15) is 12.7 Å². The SMILES string of the molecule is O=C(O)CCc1ccccc1NS(=O)(=O)N1CCCC1. The Kier molecular flexibility index (Phi) is 4.61. The number of benzene rings is 1. The van der Waals surface area contributed by atoms with Crippen LogP contribution in [-0.4, -0.2) is 36.9 Å². The smallest absolute Gasteiger partial charge is 0.303 e. The predicted molar refractivity (Wildman–Crippen MR) is 75.7 cm³/mol. The third kappa shape index (κ3) is 3.71. The molecule has 1 saturated heterocycles. The average molecular weight is 298 g/mol. The number of hydrogen-bond donors (Lipinski definition) is 2. The molecule has 1 fully saturated rings. The Bertz CT molecular complexity index is 580. The molecule has 1 aromatic rings. The fourth-order valence-electron chi connectivity index (χ4n) is 2.21. The highest BCUT2D eigenvalue weighted by molar-refractivity contribution is 7.90. The summed E-state index contributed by atoms with van der Waals surface area (Å²) in [7, 11) is -3.54. The number of carboxylic acids is 1. The maximum absolute atomic E-state index is 12.2. The van der Waals surface area contributed by atoms with Crippen molar-refractivity contribution in [2.45, 2.75) is 25.7 Å². The summed E-state index contributed by atoms with van der Waals surface area (Å²) in [5.74, 6) is -0.901. The van der Waals surface area contributed by atoms with E-state index in [1.807, 2.05) is 0 Å². The summed E-state index contributed by atoms with van der Waals surface area (Å²) >= 11 is 0. The molecule has 0 saturated carbocycles. The van der Waals surface area contributed by atoms with Crippen molar-refractivity contribution in [1.82, 2.24) is 4.31 Å². The van der Waals surface area contributed by atoms with Crippen LogP contribution in [0.4, 0.5) is 5.69 Å². The summed E-state index contributed by atoms with van der Waals surface area (Å²) in [6, 6.07) is 6.90. The van der Waals surface area contributed by atoms with E-state index in [0.29, 0.717) is 30.8 Å². The Morgan fingerprint density at radius 3 is 2.55 bits per heavy atom. The van der Waals surface area contributed by atoms with Gasteiger partial charge in [0.05, 0.1) is 5.69 Å². The number of anilines is 1. The van der Waals surface area contributed by atoms with Crippen LogP contribution in [0.15, 0.2) is 24.3 Å². The zero-order valence-corrected chi connectivity index (χ0v) is 11.9. The first-order chi connectivity index (χ1) is 9.49. The standard InChI is InChI=1S/C13H18N2O4S/c16-13(17)8-7-11-5-1-2-6-12(11)14-20(18,19)15-9-3-4-10-15/h1-2,5-6,14H,3-4,7-10H2,(H,16,17). The molecule has 1 aliphatic rings. The fraction of sp³-hybridized carbons (Fsp3) is 0.462. The minimum absolute atomic E-state index is 0.0253. The van der Waals surface area contributed by atoms with E-state index in [9.17, 15) is 13.2 Å². The first-order valence-corrected chi connectivity index (χ1v) is 8.00. The fourth-order valence-corrected chi connectivity index (χ4v) is 3.56. The summed E-state index contributed by atoms with van der Waals surface area (Å²) in [4.78, 5) is 10.6. The van der Waals surface area contributed by atoms with E-state index in [-0.39, 0.29) is 6.42 Å². The number of carbonyl (C=O) groups is 1. The van der Waals surface area contributed by atoms with Gasteiger partial charge in [-0.15, -0.1) is 0 Å². The number of nitrogens with one attached hydrogen (secondary N) is 1.